The van der Waals surface area contributed by atoms with E-state index in [9.17, 15) is 4.79 Å². The maximum atomic E-state index is 10.3. The van der Waals surface area contributed by atoms with Crippen molar-refractivity contribution in [1.29, 1.82) is 0 Å². The van der Waals surface area contributed by atoms with Crippen molar-refractivity contribution >= 4 is 39.5 Å². The first kappa shape index (κ1) is 9.60. The van der Waals surface area contributed by atoms with Gasteiger partial charge in [0.05, 0.1) is 0 Å². The first-order valence-electron chi connectivity index (χ1n) is 2.42. The second-order valence-electron chi connectivity index (χ2n) is 2.23. The zero-order valence-electron chi connectivity index (χ0n) is 5.28. The van der Waals surface area contributed by atoms with Gasteiger partial charge in [-0.05, 0) is 25.4 Å². The fraction of sp³-hybridized carbons (Fsp3) is 0.800. The second kappa shape index (κ2) is 3.69. The maximum absolute atomic E-state index is 10.3. The van der Waals surface area contributed by atoms with Crippen LogP contribution in [0.15, 0.2) is 0 Å². The van der Waals surface area contributed by atoms with Gasteiger partial charge in [0.1, 0.15) is 0 Å². The molecule has 0 aliphatic heterocycles. The summed E-state index contributed by atoms with van der Waals surface area (Å²) < 4.78 is -0.638. The highest BCUT2D eigenvalue weighted by atomic mass is 35.5. The average Bonchev–Trinajstić information content (AvgIpc) is 1.63. The fourth-order valence-electron chi connectivity index (χ4n) is 0.245. The van der Waals surface area contributed by atoms with Crippen molar-refractivity contribution in [3.63, 3.8) is 0 Å². The summed E-state index contributed by atoms with van der Waals surface area (Å²) in [4.78, 5) is 10.3. The van der Waals surface area contributed by atoms with Gasteiger partial charge in [-0.3, -0.25) is 4.79 Å². The lowest BCUT2D eigenvalue weighted by molar-refractivity contribution is 0.275. The Bertz CT molecular complexity index is 114. The van der Waals surface area contributed by atoms with E-state index in [-0.39, 0.29) is 4.75 Å². The first-order valence-corrected chi connectivity index (χ1v) is 4.15. The molecule has 9 heavy (non-hydrogen) atoms. The molecule has 0 heterocycles. The molecule has 0 aliphatic rings. The second-order valence-corrected chi connectivity index (χ2v) is 4.75. The van der Waals surface area contributed by atoms with Crippen molar-refractivity contribution in [2.24, 2.45) is 0 Å². The van der Waals surface area contributed by atoms with Crippen LogP contribution in [0.3, 0.4) is 0 Å². The van der Waals surface area contributed by atoms with Crippen LogP contribution in [0.2, 0.25) is 0 Å². The molecule has 0 atom stereocenters. The molecule has 0 aromatic rings. The normalized spacial score (nSPS) is 11.6. The van der Waals surface area contributed by atoms with Crippen LogP contribution in [-0.2, 0) is 0 Å². The lowest BCUT2D eigenvalue weighted by Gasteiger charge is -2.16. The van der Waals surface area contributed by atoms with Crippen LogP contribution in [0.5, 0.6) is 0 Å². The van der Waals surface area contributed by atoms with Gasteiger partial charge in [-0.25, -0.2) is 0 Å². The SMILES string of the molecule is CC(C)(CCl)SC(=O)Cl. The monoisotopic (exact) mass is 186 g/mol. The summed E-state index contributed by atoms with van der Waals surface area (Å²) in [7, 11) is 0. The molecule has 0 aliphatic carbocycles. The molecule has 0 N–H and O–H groups in total. The highest BCUT2D eigenvalue weighted by Gasteiger charge is 2.20. The minimum Gasteiger partial charge on any atom is -0.268 e. The van der Waals surface area contributed by atoms with E-state index >= 15 is 0 Å². The molecule has 0 unspecified atom stereocenters. The number of hydrogen-bond donors (Lipinski definition) is 0. The van der Waals surface area contributed by atoms with Crippen LogP contribution in [0, 0.1) is 0 Å². The smallest absolute Gasteiger partial charge is 0.268 e. The third kappa shape index (κ3) is 5.07. The van der Waals surface area contributed by atoms with Crippen molar-refractivity contribution in [2.45, 2.75) is 18.6 Å². The molecule has 0 rings (SSSR count). The van der Waals surface area contributed by atoms with E-state index in [2.05, 4.69) is 0 Å². The van der Waals surface area contributed by atoms with Crippen molar-refractivity contribution in [3.8, 4) is 0 Å². The van der Waals surface area contributed by atoms with Crippen LogP contribution in [0.4, 0.5) is 4.79 Å². The fourth-order valence-corrected chi connectivity index (χ4v) is 1.52. The van der Waals surface area contributed by atoms with Crippen LogP contribution in [0.25, 0.3) is 0 Å². The Morgan fingerprint density at radius 2 is 2.11 bits per heavy atom. The van der Waals surface area contributed by atoms with Gasteiger partial charge in [0, 0.05) is 10.6 Å². The first-order chi connectivity index (χ1) is 3.98. The van der Waals surface area contributed by atoms with E-state index in [4.69, 9.17) is 23.2 Å². The highest BCUT2D eigenvalue weighted by molar-refractivity contribution is 8.17. The number of halogens is 2. The van der Waals surface area contributed by atoms with Crippen molar-refractivity contribution in [1.82, 2.24) is 0 Å². The Morgan fingerprint density at radius 1 is 1.67 bits per heavy atom. The minimum absolute atomic E-state index is 0.236. The molecule has 0 spiro atoms. The Kier molecular flexibility index (Phi) is 3.94. The number of hydrogen-bond acceptors (Lipinski definition) is 2. The van der Waals surface area contributed by atoms with Crippen LogP contribution in [0.1, 0.15) is 13.8 Å². The summed E-state index contributed by atoms with van der Waals surface area (Å²) in [6, 6.07) is 0. The molecule has 0 radical (unpaired) electrons. The third-order valence-electron chi connectivity index (χ3n) is 0.678. The Labute approximate surface area is 69.1 Å². The Balaban J connectivity index is 3.71. The molecule has 4 heteroatoms. The van der Waals surface area contributed by atoms with E-state index in [1.165, 1.54) is 0 Å². The van der Waals surface area contributed by atoms with Gasteiger partial charge < -0.3 is 0 Å². The quantitative estimate of drug-likeness (QED) is 0.488. The maximum Gasteiger partial charge on any atom is 0.280 e. The number of carbonyl (C=O) groups is 1. The molecule has 0 bridgehead atoms. The van der Waals surface area contributed by atoms with E-state index < -0.39 is 4.57 Å². The van der Waals surface area contributed by atoms with Crippen molar-refractivity contribution in [3.05, 3.63) is 0 Å². The molecule has 0 fully saturated rings. The molecule has 0 amide bonds. The number of thioether (sulfide) groups is 1. The largest absolute Gasteiger partial charge is 0.280 e. The summed E-state index contributed by atoms with van der Waals surface area (Å²) in [6.07, 6.45) is 0. The highest BCUT2D eigenvalue weighted by Crippen LogP contribution is 2.27. The summed E-state index contributed by atoms with van der Waals surface area (Å²) in [5.41, 5.74) is 0. The molecular weight excluding hydrogens is 179 g/mol. The van der Waals surface area contributed by atoms with Gasteiger partial charge in [0.2, 0.25) is 0 Å². The number of rotatable bonds is 2. The molecule has 0 aromatic carbocycles. The predicted molar refractivity (Wildman–Crippen MR) is 43.6 cm³/mol. The van der Waals surface area contributed by atoms with Crippen LogP contribution < -0.4 is 0 Å². The van der Waals surface area contributed by atoms with Crippen LogP contribution >= 0.6 is 35.0 Å². The van der Waals surface area contributed by atoms with Gasteiger partial charge in [0.15, 0.2) is 0 Å². The molecule has 0 saturated carbocycles. The number of carbonyl (C=O) groups excluding carboxylic acids is 1. The minimum atomic E-state index is -0.402. The Morgan fingerprint density at radius 3 is 2.22 bits per heavy atom. The molecule has 54 valence electrons. The van der Waals surface area contributed by atoms with Crippen molar-refractivity contribution < 1.29 is 4.79 Å². The third-order valence-corrected chi connectivity index (χ3v) is 2.59. The van der Waals surface area contributed by atoms with E-state index in [1.807, 2.05) is 13.8 Å². The number of alkyl halides is 1. The van der Waals surface area contributed by atoms with Crippen LogP contribution in [-0.4, -0.2) is 15.2 Å². The predicted octanol–water partition coefficient (Wildman–Crippen LogP) is 3.10. The van der Waals surface area contributed by atoms with Gasteiger partial charge >= 0.3 is 0 Å². The van der Waals surface area contributed by atoms with Gasteiger partial charge in [0.25, 0.3) is 4.57 Å². The van der Waals surface area contributed by atoms with Gasteiger partial charge in [-0.1, -0.05) is 11.8 Å². The van der Waals surface area contributed by atoms with E-state index in [1.54, 1.807) is 0 Å². The zero-order chi connectivity index (χ0) is 7.49. The summed E-state index contributed by atoms with van der Waals surface area (Å²) in [5.74, 6) is 0.427. The molecule has 0 saturated heterocycles. The standard InChI is InChI=1S/C5H8Cl2OS/c1-5(2,3-6)9-4(7)8/h3H2,1-2H3. The van der Waals surface area contributed by atoms with E-state index in [0.29, 0.717) is 5.88 Å². The summed E-state index contributed by atoms with van der Waals surface area (Å²) >= 11 is 11.7. The molecular formula is C5H8Cl2OS. The van der Waals surface area contributed by atoms with E-state index in [0.717, 1.165) is 11.8 Å². The Hall–Kier alpha value is 0.600. The topological polar surface area (TPSA) is 17.1 Å². The zero-order valence-corrected chi connectivity index (χ0v) is 7.61. The summed E-state index contributed by atoms with van der Waals surface area (Å²) in [6.45, 7) is 3.73. The van der Waals surface area contributed by atoms with Crippen molar-refractivity contribution in [2.75, 3.05) is 5.88 Å². The molecule has 0 aromatic heterocycles. The molecule has 1 nitrogen and oxygen atoms in total. The van der Waals surface area contributed by atoms with Gasteiger partial charge in [-0.15, -0.1) is 11.6 Å². The average molecular weight is 187 g/mol. The van der Waals surface area contributed by atoms with Gasteiger partial charge in [-0.2, -0.15) is 0 Å². The summed E-state index contributed by atoms with van der Waals surface area (Å²) in [5, 5.41) is 0. The lowest BCUT2D eigenvalue weighted by Crippen LogP contribution is -2.17. The lowest BCUT2D eigenvalue weighted by atomic mass is 10.2.